The second-order valence-corrected chi connectivity index (χ2v) is 8.58. The molecular formula is C23H27BrN4O3. The first-order chi connectivity index (χ1) is 14.8. The zero-order valence-electron chi connectivity index (χ0n) is 17.8. The number of amides is 3. The molecule has 0 saturated carbocycles. The van der Waals surface area contributed by atoms with E-state index in [0.29, 0.717) is 31.7 Å². The highest BCUT2D eigenvalue weighted by atomic mass is 79.9. The molecule has 0 aromatic heterocycles. The van der Waals surface area contributed by atoms with Crippen LogP contribution < -0.4 is 10.6 Å². The van der Waals surface area contributed by atoms with Gasteiger partial charge < -0.3 is 15.5 Å². The molecule has 164 valence electrons. The summed E-state index contributed by atoms with van der Waals surface area (Å²) in [4.78, 5) is 40.8. The number of anilines is 1. The lowest BCUT2D eigenvalue weighted by atomic mass is 10.1. The lowest BCUT2D eigenvalue weighted by Crippen LogP contribution is -2.52. The van der Waals surface area contributed by atoms with Crippen LogP contribution in [0.4, 0.5) is 5.69 Å². The SMILES string of the molecule is Cc1cccc(C)c1NC(=O)CN1CCN(C(=O)CNC(=O)c2ccc(Br)cc2)CC1. The van der Waals surface area contributed by atoms with E-state index in [4.69, 9.17) is 0 Å². The van der Waals surface area contributed by atoms with Gasteiger partial charge in [0.15, 0.2) is 0 Å². The highest BCUT2D eigenvalue weighted by Crippen LogP contribution is 2.19. The zero-order chi connectivity index (χ0) is 22.4. The topological polar surface area (TPSA) is 81.8 Å². The molecule has 0 atom stereocenters. The first-order valence-electron chi connectivity index (χ1n) is 10.2. The van der Waals surface area contributed by atoms with E-state index in [0.717, 1.165) is 21.3 Å². The maximum absolute atomic E-state index is 12.4. The number of benzene rings is 2. The van der Waals surface area contributed by atoms with Gasteiger partial charge in [-0.2, -0.15) is 0 Å². The van der Waals surface area contributed by atoms with E-state index < -0.39 is 0 Å². The van der Waals surface area contributed by atoms with Crippen molar-refractivity contribution < 1.29 is 14.4 Å². The molecule has 2 aromatic rings. The Morgan fingerprint density at radius 1 is 0.935 bits per heavy atom. The fraction of sp³-hybridized carbons (Fsp3) is 0.348. The molecule has 0 spiro atoms. The molecule has 1 aliphatic rings. The molecule has 2 aromatic carbocycles. The number of carbonyl (C=O) groups is 3. The van der Waals surface area contributed by atoms with Crippen LogP contribution in [0.2, 0.25) is 0 Å². The number of rotatable bonds is 6. The standard InChI is InChI=1S/C23H27BrN4O3/c1-16-4-3-5-17(2)22(16)26-20(29)15-27-10-12-28(13-11-27)21(30)14-25-23(31)18-6-8-19(24)9-7-18/h3-9H,10-15H2,1-2H3,(H,25,31)(H,26,29). The van der Waals surface area contributed by atoms with E-state index in [9.17, 15) is 14.4 Å². The minimum atomic E-state index is -0.275. The average Bonchev–Trinajstić information content (AvgIpc) is 2.75. The maximum Gasteiger partial charge on any atom is 0.251 e. The van der Waals surface area contributed by atoms with Crippen LogP contribution in [0.1, 0.15) is 21.5 Å². The summed E-state index contributed by atoms with van der Waals surface area (Å²) in [6, 6.07) is 12.9. The first-order valence-corrected chi connectivity index (χ1v) is 11.0. The highest BCUT2D eigenvalue weighted by molar-refractivity contribution is 9.10. The molecule has 1 fully saturated rings. The van der Waals surface area contributed by atoms with Crippen molar-refractivity contribution in [1.82, 2.24) is 15.1 Å². The second-order valence-electron chi connectivity index (χ2n) is 7.66. The van der Waals surface area contributed by atoms with Crippen molar-refractivity contribution in [2.75, 3.05) is 44.6 Å². The van der Waals surface area contributed by atoms with E-state index in [1.54, 1.807) is 29.2 Å². The van der Waals surface area contributed by atoms with Crippen molar-refractivity contribution in [2.24, 2.45) is 0 Å². The predicted molar refractivity (Wildman–Crippen MR) is 124 cm³/mol. The molecule has 8 heteroatoms. The number of para-hydroxylation sites is 1. The van der Waals surface area contributed by atoms with Crippen LogP contribution >= 0.6 is 15.9 Å². The van der Waals surface area contributed by atoms with Gasteiger partial charge >= 0.3 is 0 Å². The van der Waals surface area contributed by atoms with Gasteiger partial charge in [0.25, 0.3) is 5.91 Å². The number of piperazine rings is 1. The van der Waals surface area contributed by atoms with Crippen molar-refractivity contribution >= 4 is 39.3 Å². The largest absolute Gasteiger partial charge is 0.343 e. The molecule has 0 aliphatic carbocycles. The van der Waals surface area contributed by atoms with Gasteiger partial charge in [0.2, 0.25) is 11.8 Å². The number of carbonyl (C=O) groups excluding carboxylic acids is 3. The van der Waals surface area contributed by atoms with Crippen LogP contribution in [0.15, 0.2) is 46.9 Å². The Morgan fingerprint density at radius 3 is 2.16 bits per heavy atom. The zero-order valence-corrected chi connectivity index (χ0v) is 19.4. The normalized spacial score (nSPS) is 14.2. The van der Waals surface area contributed by atoms with Gasteiger partial charge in [0.1, 0.15) is 0 Å². The third-order valence-electron chi connectivity index (χ3n) is 5.34. The highest BCUT2D eigenvalue weighted by Gasteiger charge is 2.23. The van der Waals surface area contributed by atoms with Gasteiger partial charge in [-0.1, -0.05) is 34.1 Å². The number of hydrogen-bond acceptors (Lipinski definition) is 4. The van der Waals surface area contributed by atoms with Crippen molar-refractivity contribution in [3.63, 3.8) is 0 Å². The van der Waals surface area contributed by atoms with Crippen molar-refractivity contribution in [1.29, 1.82) is 0 Å². The predicted octanol–water partition coefficient (Wildman–Crippen LogP) is 2.58. The van der Waals surface area contributed by atoms with E-state index in [-0.39, 0.29) is 30.8 Å². The second kappa shape index (κ2) is 10.5. The Labute approximate surface area is 190 Å². The average molecular weight is 487 g/mol. The number of nitrogens with zero attached hydrogens (tertiary/aromatic N) is 2. The van der Waals surface area contributed by atoms with Gasteiger partial charge in [0.05, 0.1) is 13.1 Å². The molecule has 31 heavy (non-hydrogen) atoms. The lowest BCUT2D eigenvalue weighted by molar-refractivity contribution is -0.132. The summed E-state index contributed by atoms with van der Waals surface area (Å²) >= 11 is 3.33. The molecule has 2 N–H and O–H groups in total. The molecule has 0 bridgehead atoms. The van der Waals surface area contributed by atoms with Crippen LogP contribution in [0, 0.1) is 13.8 Å². The summed E-state index contributed by atoms with van der Waals surface area (Å²) < 4.78 is 0.890. The number of nitrogens with one attached hydrogen (secondary N) is 2. The van der Waals surface area contributed by atoms with Crippen LogP contribution in [0.25, 0.3) is 0 Å². The van der Waals surface area contributed by atoms with Gasteiger partial charge in [-0.05, 0) is 49.2 Å². The maximum atomic E-state index is 12.4. The monoisotopic (exact) mass is 486 g/mol. The number of halogens is 1. The minimum absolute atomic E-state index is 0.0397. The quantitative estimate of drug-likeness (QED) is 0.657. The molecule has 1 aliphatic heterocycles. The molecule has 3 rings (SSSR count). The third kappa shape index (κ3) is 6.38. The Morgan fingerprint density at radius 2 is 1.55 bits per heavy atom. The van der Waals surface area contributed by atoms with Crippen molar-refractivity contribution in [3.8, 4) is 0 Å². The molecule has 1 saturated heterocycles. The smallest absolute Gasteiger partial charge is 0.251 e. The summed E-state index contributed by atoms with van der Waals surface area (Å²) in [5, 5.41) is 5.67. The minimum Gasteiger partial charge on any atom is -0.343 e. The molecule has 0 unspecified atom stereocenters. The van der Waals surface area contributed by atoms with E-state index >= 15 is 0 Å². The Balaban J connectivity index is 1.41. The van der Waals surface area contributed by atoms with Gasteiger partial charge in [0, 0.05) is 41.9 Å². The summed E-state index contributed by atoms with van der Waals surface area (Å²) in [7, 11) is 0. The summed E-state index contributed by atoms with van der Waals surface area (Å²) in [5.74, 6) is -0.452. The van der Waals surface area contributed by atoms with Crippen molar-refractivity contribution in [3.05, 3.63) is 63.6 Å². The van der Waals surface area contributed by atoms with Crippen LogP contribution in [-0.4, -0.2) is 66.8 Å². The van der Waals surface area contributed by atoms with E-state index in [1.165, 1.54) is 0 Å². The summed E-state index contributed by atoms with van der Waals surface area (Å²) in [6.07, 6.45) is 0. The van der Waals surface area contributed by atoms with E-state index in [1.807, 2.05) is 36.9 Å². The van der Waals surface area contributed by atoms with Gasteiger partial charge in [-0.25, -0.2) is 0 Å². The van der Waals surface area contributed by atoms with Crippen LogP contribution in [0.3, 0.4) is 0 Å². The number of hydrogen-bond donors (Lipinski definition) is 2. The fourth-order valence-corrected chi connectivity index (χ4v) is 3.78. The summed E-state index contributed by atoms with van der Waals surface area (Å²) in [6.45, 7) is 6.50. The fourth-order valence-electron chi connectivity index (χ4n) is 3.52. The molecule has 1 heterocycles. The van der Waals surface area contributed by atoms with Crippen LogP contribution in [-0.2, 0) is 9.59 Å². The van der Waals surface area contributed by atoms with Gasteiger partial charge in [-0.3, -0.25) is 19.3 Å². The molecular weight excluding hydrogens is 460 g/mol. The molecule has 3 amide bonds. The Kier molecular flexibility index (Phi) is 7.81. The Bertz CT molecular complexity index is 934. The number of aryl methyl sites for hydroxylation is 2. The first kappa shape index (κ1) is 23.0. The lowest BCUT2D eigenvalue weighted by Gasteiger charge is -2.34. The van der Waals surface area contributed by atoms with Gasteiger partial charge in [-0.15, -0.1) is 0 Å². The Hall–Kier alpha value is -2.71. The molecule has 0 radical (unpaired) electrons. The van der Waals surface area contributed by atoms with Crippen LogP contribution in [0.5, 0.6) is 0 Å². The van der Waals surface area contributed by atoms with E-state index in [2.05, 4.69) is 26.6 Å². The molecule has 7 nitrogen and oxygen atoms in total. The van der Waals surface area contributed by atoms with Crippen molar-refractivity contribution in [2.45, 2.75) is 13.8 Å². The summed E-state index contributed by atoms with van der Waals surface area (Å²) in [5.41, 5.74) is 3.45. The third-order valence-corrected chi connectivity index (χ3v) is 5.87.